The molecule has 1 aliphatic heterocycles. The number of nitrogens with zero attached hydrogens (tertiary/aromatic N) is 1. The molecule has 68 valence electrons. The number of rotatable bonds is 1. The van der Waals surface area contributed by atoms with Crippen molar-refractivity contribution in [2.24, 2.45) is 16.1 Å². The topological polar surface area (TPSA) is 38.4 Å². The Morgan fingerprint density at radius 2 is 2.17 bits per heavy atom. The molecule has 1 aliphatic rings. The lowest BCUT2D eigenvalue weighted by molar-refractivity contribution is 0.498. The molecule has 0 amide bonds. The van der Waals surface area contributed by atoms with Crippen LogP contribution >= 0.6 is 0 Å². The van der Waals surface area contributed by atoms with E-state index in [0.29, 0.717) is 0 Å². The van der Waals surface area contributed by atoms with E-state index in [1.54, 1.807) is 0 Å². The summed E-state index contributed by atoms with van der Waals surface area (Å²) in [4.78, 5) is 4.35. The fourth-order valence-electron chi connectivity index (χ4n) is 1.08. The maximum Gasteiger partial charge on any atom is 0.0396 e. The molecule has 0 aromatic carbocycles. The fraction of sp³-hybridized carbons (Fsp3) is 0.700. The Morgan fingerprint density at radius 3 is 2.58 bits per heavy atom. The first-order chi connectivity index (χ1) is 5.50. The summed E-state index contributed by atoms with van der Waals surface area (Å²) in [5, 5.41) is 0. The number of hydrogen-bond donors (Lipinski definition) is 1. The zero-order valence-corrected chi connectivity index (χ0v) is 8.22. The first-order valence-corrected chi connectivity index (χ1v) is 4.51. The van der Waals surface area contributed by atoms with E-state index >= 15 is 0 Å². The van der Waals surface area contributed by atoms with Crippen molar-refractivity contribution in [3.8, 4) is 0 Å². The smallest absolute Gasteiger partial charge is 0.0396 e. The highest BCUT2D eigenvalue weighted by molar-refractivity contribution is 5.96. The van der Waals surface area contributed by atoms with Gasteiger partial charge in [-0.25, -0.2) is 0 Å². The molecule has 0 spiro atoms. The molecule has 0 saturated heterocycles. The Kier molecular flexibility index (Phi) is 2.55. The first kappa shape index (κ1) is 9.30. The van der Waals surface area contributed by atoms with Gasteiger partial charge in [-0.2, -0.15) is 0 Å². The van der Waals surface area contributed by atoms with Gasteiger partial charge in [0.15, 0.2) is 0 Å². The largest absolute Gasteiger partial charge is 0.402 e. The van der Waals surface area contributed by atoms with Crippen molar-refractivity contribution in [3.05, 3.63) is 11.8 Å². The molecule has 1 rings (SSSR count). The molecule has 0 bridgehead atoms. The van der Waals surface area contributed by atoms with E-state index in [1.165, 1.54) is 12.1 Å². The Hall–Kier alpha value is -0.790. The summed E-state index contributed by atoms with van der Waals surface area (Å²) >= 11 is 0. The van der Waals surface area contributed by atoms with E-state index in [2.05, 4.69) is 25.8 Å². The maximum absolute atomic E-state index is 5.91. The summed E-state index contributed by atoms with van der Waals surface area (Å²) in [6.07, 6.45) is 4.31. The fourth-order valence-corrected chi connectivity index (χ4v) is 1.08. The summed E-state index contributed by atoms with van der Waals surface area (Å²) in [5.41, 5.74) is 8.09. The van der Waals surface area contributed by atoms with Gasteiger partial charge in [0.2, 0.25) is 0 Å². The SMILES string of the molecule is CC(C)(C)/C(N)=C/C1=NCCC1. The zero-order valence-electron chi connectivity index (χ0n) is 8.22. The average molecular weight is 166 g/mol. The van der Waals surface area contributed by atoms with E-state index in [1.807, 2.05) is 6.08 Å². The lowest BCUT2D eigenvalue weighted by Gasteiger charge is -2.18. The summed E-state index contributed by atoms with van der Waals surface area (Å²) in [5.74, 6) is 0. The predicted octanol–water partition coefficient (Wildman–Crippen LogP) is 2.11. The molecular formula is C10H18N2. The molecule has 0 saturated carbocycles. The van der Waals surface area contributed by atoms with Crippen molar-refractivity contribution in [1.82, 2.24) is 0 Å². The highest BCUT2D eigenvalue weighted by Crippen LogP contribution is 2.21. The summed E-state index contributed by atoms with van der Waals surface area (Å²) in [7, 11) is 0. The van der Waals surface area contributed by atoms with Gasteiger partial charge < -0.3 is 5.73 Å². The lowest BCUT2D eigenvalue weighted by Crippen LogP contribution is -2.18. The Balaban J connectivity index is 2.68. The van der Waals surface area contributed by atoms with Crippen molar-refractivity contribution < 1.29 is 0 Å². The highest BCUT2D eigenvalue weighted by Gasteiger charge is 2.14. The van der Waals surface area contributed by atoms with Gasteiger partial charge in [0.1, 0.15) is 0 Å². The van der Waals surface area contributed by atoms with E-state index < -0.39 is 0 Å². The third-order valence-corrected chi connectivity index (χ3v) is 2.09. The van der Waals surface area contributed by atoms with Crippen LogP contribution < -0.4 is 5.73 Å². The second-order valence-electron chi connectivity index (χ2n) is 4.33. The van der Waals surface area contributed by atoms with Gasteiger partial charge in [-0.15, -0.1) is 0 Å². The minimum atomic E-state index is 0.0745. The third kappa shape index (κ3) is 2.36. The molecule has 1 heterocycles. The number of nitrogens with two attached hydrogens (primary N) is 1. The van der Waals surface area contributed by atoms with Crippen molar-refractivity contribution >= 4 is 5.71 Å². The van der Waals surface area contributed by atoms with Crippen molar-refractivity contribution in [2.75, 3.05) is 6.54 Å². The molecule has 0 aromatic heterocycles. The maximum atomic E-state index is 5.91. The van der Waals surface area contributed by atoms with Crippen molar-refractivity contribution in [1.29, 1.82) is 0 Å². The quantitative estimate of drug-likeness (QED) is 0.636. The van der Waals surface area contributed by atoms with Crippen LogP contribution in [0.3, 0.4) is 0 Å². The summed E-state index contributed by atoms with van der Waals surface area (Å²) in [6.45, 7) is 7.33. The van der Waals surface area contributed by atoms with Crippen LogP contribution in [0.25, 0.3) is 0 Å². The molecular weight excluding hydrogens is 148 g/mol. The lowest BCUT2D eigenvalue weighted by atomic mass is 9.91. The van der Waals surface area contributed by atoms with E-state index in [0.717, 1.165) is 18.7 Å². The number of allylic oxidation sites excluding steroid dienone is 2. The monoisotopic (exact) mass is 166 g/mol. The van der Waals surface area contributed by atoms with Crippen LogP contribution in [0.5, 0.6) is 0 Å². The number of aliphatic imine (C=N–C) groups is 1. The molecule has 0 aliphatic carbocycles. The van der Waals surface area contributed by atoms with Gasteiger partial charge >= 0.3 is 0 Å². The Labute approximate surface area is 74.6 Å². The second kappa shape index (κ2) is 3.30. The minimum Gasteiger partial charge on any atom is -0.402 e. The van der Waals surface area contributed by atoms with Crippen LogP contribution in [0.4, 0.5) is 0 Å². The van der Waals surface area contributed by atoms with Crippen LogP contribution in [0, 0.1) is 5.41 Å². The average Bonchev–Trinajstić information content (AvgIpc) is 2.37. The van der Waals surface area contributed by atoms with Gasteiger partial charge in [-0.05, 0) is 18.9 Å². The van der Waals surface area contributed by atoms with Crippen molar-refractivity contribution in [3.63, 3.8) is 0 Å². The van der Waals surface area contributed by atoms with Crippen molar-refractivity contribution in [2.45, 2.75) is 33.6 Å². The van der Waals surface area contributed by atoms with Crippen LogP contribution in [-0.4, -0.2) is 12.3 Å². The van der Waals surface area contributed by atoms with E-state index in [-0.39, 0.29) is 5.41 Å². The Morgan fingerprint density at radius 1 is 1.50 bits per heavy atom. The minimum absolute atomic E-state index is 0.0745. The van der Waals surface area contributed by atoms with Gasteiger partial charge in [0.05, 0.1) is 0 Å². The standard InChI is InChI=1S/C10H18N2/c1-10(2,3)9(11)7-8-5-4-6-12-8/h7H,4-6,11H2,1-3H3/b9-7-. The van der Waals surface area contributed by atoms with Crippen LogP contribution in [-0.2, 0) is 0 Å². The molecule has 2 nitrogen and oxygen atoms in total. The van der Waals surface area contributed by atoms with Crippen LogP contribution in [0.2, 0.25) is 0 Å². The number of hydrogen-bond acceptors (Lipinski definition) is 2. The molecule has 0 unspecified atom stereocenters. The van der Waals surface area contributed by atoms with Gasteiger partial charge in [0, 0.05) is 23.4 Å². The van der Waals surface area contributed by atoms with E-state index in [4.69, 9.17) is 5.73 Å². The van der Waals surface area contributed by atoms with Gasteiger partial charge in [-0.1, -0.05) is 20.8 Å². The predicted molar refractivity (Wildman–Crippen MR) is 53.3 cm³/mol. The zero-order chi connectivity index (χ0) is 9.19. The molecule has 2 heteroatoms. The summed E-state index contributed by atoms with van der Waals surface area (Å²) in [6, 6.07) is 0. The van der Waals surface area contributed by atoms with Crippen LogP contribution in [0.1, 0.15) is 33.6 Å². The highest BCUT2D eigenvalue weighted by atomic mass is 14.8. The molecule has 12 heavy (non-hydrogen) atoms. The molecule has 0 radical (unpaired) electrons. The summed E-state index contributed by atoms with van der Waals surface area (Å²) < 4.78 is 0. The van der Waals surface area contributed by atoms with Gasteiger partial charge in [0.25, 0.3) is 0 Å². The molecule has 0 aromatic rings. The molecule has 0 fully saturated rings. The van der Waals surface area contributed by atoms with Crippen LogP contribution in [0.15, 0.2) is 16.8 Å². The third-order valence-electron chi connectivity index (χ3n) is 2.09. The first-order valence-electron chi connectivity index (χ1n) is 4.51. The second-order valence-corrected chi connectivity index (χ2v) is 4.33. The Bertz CT molecular complexity index is 218. The molecule has 0 atom stereocenters. The normalized spacial score (nSPS) is 19.6. The van der Waals surface area contributed by atoms with Gasteiger partial charge in [-0.3, -0.25) is 4.99 Å². The molecule has 2 N–H and O–H groups in total. The van der Waals surface area contributed by atoms with E-state index in [9.17, 15) is 0 Å².